The van der Waals surface area contributed by atoms with Crippen molar-refractivity contribution < 1.29 is 33.4 Å². The number of urea groups is 1. The van der Waals surface area contributed by atoms with E-state index < -0.39 is 26.8 Å². The van der Waals surface area contributed by atoms with E-state index in [1.807, 2.05) is 21.9 Å². The van der Waals surface area contributed by atoms with Crippen LogP contribution >= 0.6 is 10.2 Å². The molecule has 0 unspecified atom stereocenters. The first kappa shape index (κ1) is 30.5. The highest BCUT2D eigenvalue weighted by atomic mass is 32.5. The van der Waals surface area contributed by atoms with E-state index in [4.69, 9.17) is 0 Å². The summed E-state index contributed by atoms with van der Waals surface area (Å²) in [6.45, 7) is 4.19. The number of hydrogen-bond acceptors (Lipinski definition) is 4. The van der Waals surface area contributed by atoms with E-state index in [1.165, 1.54) is 12.4 Å². The fraction of sp³-hybridized carbons (Fsp3) is 0.267. The van der Waals surface area contributed by atoms with Gasteiger partial charge in [0.2, 0.25) is 0 Å². The van der Waals surface area contributed by atoms with Crippen LogP contribution in [0.25, 0.3) is 27.9 Å². The number of H-pyrrole nitrogens is 1. The third kappa shape index (κ3) is 6.21. The van der Waals surface area contributed by atoms with Crippen molar-refractivity contribution in [1.82, 2.24) is 24.8 Å². The predicted octanol–water partition coefficient (Wildman–Crippen LogP) is 8.29. The van der Waals surface area contributed by atoms with Gasteiger partial charge in [-0.2, -0.15) is 0 Å². The molecule has 0 spiro atoms. The summed E-state index contributed by atoms with van der Waals surface area (Å²) in [6, 6.07) is 5.73. The topological polar surface area (TPSA) is 94.2 Å². The Labute approximate surface area is 253 Å². The third-order valence-electron chi connectivity index (χ3n) is 8.07. The minimum absolute atomic E-state index is 0.0204. The second kappa shape index (κ2) is 10.3. The number of aromatic nitrogens is 3. The number of amides is 3. The number of aromatic amines is 1. The zero-order chi connectivity index (χ0) is 32.2. The summed E-state index contributed by atoms with van der Waals surface area (Å²) in [5, 5.41) is 3.04. The fourth-order valence-corrected chi connectivity index (χ4v) is 6.29. The van der Waals surface area contributed by atoms with Crippen molar-refractivity contribution in [3.05, 3.63) is 77.5 Å². The molecule has 2 aromatic carbocycles. The predicted molar refractivity (Wildman–Crippen MR) is 160 cm³/mol. The largest absolute Gasteiger partial charge is 0.339 e. The van der Waals surface area contributed by atoms with Gasteiger partial charge in [0, 0.05) is 54.1 Å². The molecular formula is C30H28F6N6O2S. The first-order valence-corrected chi connectivity index (χ1v) is 16.1. The molecular weight excluding hydrogens is 622 g/mol. The third-order valence-corrected chi connectivity index (χ3v) is 9.23. The van der Waals surface area contributed by atoms with Gasteiger partial charge in [0.1, 0.15) is 22.7 Å². The van der Waals surface area contributed by atoms with E-state index in [0.29, 0.717) is 59.5 Å². The molecule has 0 aliphatic carbocycles. The van der Waals surface area contributed by atoms with Gasteiger partial charge in [-0.25, -0.2) is 19.2 Å². The molecule has 2 aliphatic rings. The van der Waals surface area contributed by atoms with Gasteiger partial charge >= 0.3 is 16.3 Å². The van der Waals surface area contributed by atoms with Crippen LogP contribution < -0.4 is 5.32 Å². The number of benzene rings is 2. The smallest absolute Gasteiger partial charge is 0.320 e. The van der Waals surface area contributed by atoms with Gasteiger partial charge in [0.25, 0.3) is 5.91 Å². The Hall–Kier alpha value is -4.53. The number of anilines is 1. The number of carbonyl (C=O) groups is 2. The second-order valence-corrected chi connectivity index (χ2v) is 13.6. The maximum Gasteiger partial charge on any atom is 0.320 e. The van der Waals surface area contributed by atoms with Crippen molar-refractivity contribution in [3.63, 3.8) is 0 Å². The molecule has 0 atom stereocenters. The molecule has 4 aromatic rings. The van der Waals surface area contributed by atoms with E-state index in [0.717, 1.165) is 43.3 Å². The normalized spacial score (nSPS) is 17.2. The molecule has 2 aliphatic heterocycles. The Morgan fingerprint density at radius 3 is 2.29 bits per heavy atom. The lowest BCUT2D eigenvalue weighted by Gasteiger charge is -2.40. The fourth-order valence-electron chi connectivity index (χ4n) is 5.64. The minimum atomic E-state index is -9.90. The van der Waals surface area contributed by atoms with Crippen molar-refractivity contribution in [3.8, 4) is 11.3 Å². The van der Waals surface area contributed by atoms with Crippen LogP contribution in [0.5, 0.6) is 0 Å². The first-order chi connectivity index (χ1) is 21.1. The number of halogens is 6. The number of carbonyl (C=O) groups excluding carboxylic acids is 2. The zero-order valence-electron chi connectivity index (χ0n) is 23.9. The molecule has 2 N–H and O–H groups in total. The highest BCUT2D eigenvalue weighted by Crippen LogP contribution is 3.02. The molecule has 4 heterocycles. The summed E-state index contributed by atoms with van der Waals surface area (Å²) >= 11 is 0. The molecule has 0 bridgehead atoms. The van der Waals surface area contributed by atoms with E-state index in [2.05, 4.69) is 20.3 Å². The number of rotatable bonds is 5. The Morgan fingerprint density at radius 1 is 0.933 bits per heavy atom. The van der Waals surface area contributed by atoms with Crippen LogP contribution in [-0.4, -0.2) is 62.9 Å². The lowest BCUT2D eigenvalue weighted by atomic mass is 10.00. The maximum atomic E-state index is 14.9. The molecule has 0 saturated carbocycles. The van der Waals surface area contributed by atoms with E-state index in [-0.39, 0.29) is 29.4 Å². The molecule has 1 saturated heterocycles. The molecule has 2 aromatic heterocycles. The van der Waals surface area contributed by atoms with Crippen LogP contribution in [0, 0.1) is 12.7 Å². The number of hydrogen-bond donors (Lipinski definition) is 2. The summed E-state index contributed by atoms with van der Waals surface area (Å²) < 4.78 is 80.2. The van der Waals surface area contributed by atoms with Gasteiger partial charge in [-0.1, -0.05) is 25.5 Å². The Morgan fingerprint density at radius 2 is 1.64 bits per heavy atom. The Kier molecular flexibility index (Phi) is 6.95. The molecule has 6 rings (SSSR count). The van der Waals surface area contributed by atoms with Crippen molar-refractivity contribution in [1.29, 1.82) is 0 Å². The summed E-state index contributed by atoms with van der Waals surface area (Å²) in [4.78, 5) is 39.1. The minimum Gasteiger partial charge on any atom is -0.339 e. The molecule has 15 heteroatoms. The van der Waals surface area contributed by atoms with Crippen molar-refractivity contribution in [2.24, 2.45) is 0 Å². The van der Waals surface area contributed by atoms with Gasteiger partial charge in [-0.15, -0.1) is 0 Å². The highest BCUT2D eigenvalue weighted by molar-refractivity contribution is 8.45. The lowest BCUT2D eigenvalue weighted by molar-refractivity contribution is 0.102. The van der Waals surface area contributed by atoms with Crippen LogP contribution in [0.4, 0.5) is 34.3 Å². The van der Waals surface area contributed by atoms with Gasteiger partial charge in [0.05, 0.1) is 5.69 Å². The van der Waals surface area contributed by atoms with Gasteiger partial charge in [-0.3, -0.25) is 4.79 Å². The standard InChI is InChI=1S/C30H28F6N6O2S/c1-18-23(14-21(31)15-25(18)40-29(43)20-4-6-22(7-5-20)45(32,33,34,35)36)27-24-16-26(39-28(24)38-17-37-27)19-8-12-42(13-9-19)30(44)41-10-2-3-11-41/h4-8,14-17H,2-3,9-13H2,1H3,(H,40,43)(H,37,38,39). The molecule has 8 nitrogen and oxygen atoms in total. The maximum absolute atomic E-state index is 14.9. The summed E-state index contributed by atoms with van der Waals surface area (Å²) in [5.41, 5.74) is 3.06. The monoisotopic (exact) mass is 650 g/mol. The van der Waals surface area contributed by atoms with E-state index in [9.17, 15) is 33.4 Å². The summed E-state index contributed by atoms with van der Waals surface area (Å²) in [5.74, 6) is -1.64. The molecule has 1 fully saturated rings. The summed E-state index contributed by atoms with van der Waals surface area (Å²) in [7, 11) is -9.90. The van der Waals surface area contributed by atoms with Crippen LogP contribution in [0.1, 0.15) is 40.9 Å². The van der Waals surface area contributed by atoms with Gasteiger partial charge < -0.3 is 20.1 Å². The van der Waals surface area contributed by atoms with Gasteiger partial charge in [-0.05, 0) is 79.8 Å². The number of nitrogens with zero attached hydrogens (tertiary/aromatic N) is 4. The zero-order valence-corrected chi connectivity index (χ0v) is 24.7. The van der Waals surface area contributed by atoms with E-state index >= 15 is 0 Å². The quantitative estimate of drug-likeness (QED) is 0.213. The molecule has 0 radical (unpaired) electrons. The Bertz CT molecular complexity index is 1870. The van der Waals surface area contributed by atoms with Crippen LogP contribution in [0.2, 0.25) is 0 Å². The average molecular weight is 651 g/mol. The second-order valence-electron chi connectivity index (χ2n) is 11.1. The summed E-state index contributed by atoms with van der Waals surface area (Å²) in [6.07, 6.45) is 5.95. The van der Waals surface area contributed by atoms with E-state index in [1.54, 1.807) is 6.92 Å². The SMILES string of the molecule is Cc1c(NC(=O)c2ccc(S(F)(F)(F)(F)F)cc2)cc(F)cc1-c1ncnc2[nH]c(C3=CCN(C(=O)N4CCCC4)CC3)cc12. The highest BCUT2D eigenvalue weighted by Gasteiger charge is 2.65. The average Bonchev–Trinajstić information content (AvgIpc) is 3.68. The van der Waals surface area contributed by atoms with Crippen LogP contribution in [-0.2, 0) is 0 Å². The van der Waals surface area contributed by atoms with Crippen LogP contribution in [0.3, 0.4) is 0 Å². The van der Waals surface area contributed by atoms with Crippen LogP contribution in [0.15, 0.2) is 59.8 Å². The van der Waals surface area contributed by atoms with Gasteiger partial charge in [0.15, 0.2) is 0 Å². The van der Waals surface area contributed by atoms with Crippen molar-refractivity contribution >= 4 is 44.5 Å². The number of fused-ring (bicyclic) bond motifs is 1. The molecule has 3 amide bonds. The molecule has 238 valence electrons. The molecule has 45 heavy (non-hydrogen) atoms. The van der Waals surface area contributed by atoms with Crippen molar-refractivity contribution in [2.45, 2.75) is 31.1 Å². The Balaban J connectivity index is 1.26. The number of likely N-dealkylation sites (tertiary alicyclic amines) is 1. The lowest BCUT2D eigenvalue weighted by Crippen LogP contribution is -2.43. The first-order valence-electron chi connectivity index (χ1n) is 14.1. The number of nitrogens with one attached hydrogen (secondary N) is 2. The van der Waals surface area contributed by atoms with Crippen molar-refractivity contribution in [2.75, 3.05) is 31.5 Å².